The molecule has 1 aliphatic rings. The number of halogens is 4. The van der Waals surface area contributed by atoms with Gasteiger partial charge in [0, 0.05) is 35.4 Å². The Bertz CT molecular complexity index is 1520. The van der Waals surface area contributed by atoms with Crippen LogP contribution in [0.2, 0.25) is 0 Å². The average Bonchev–Trinajstić information content (AvgIpc) is 3.39. The van der Waals surface area contributed by atoms with Gasteiger partial charge in [-0.2, -0.15) is 13.2 Å². The number of aliphatic imine (C=N–C) groups is 2. The Morgan fingerprint density at radius 2 is 1.83 bits per heavy atom. The van der Waals surface area contributed by atoms with Crippen molar-refractivity contribution in [3.05, 3.63) is 114 Å². The van der Waals surface area contributed by atoms with Gasteiger partial charge in [-0.3, -0.25) is 0 Å². The largest absolute Gasteiger partial charge is 0.494 e. The van der Waals surface area contributed by atoms with Crippen LogP contribution in [0.5, 0.6) is 5.75 Å². The SMILES string of the molecule is C=C/C(C1=NC(=C)C(CC=CN(C)Cc2ccc(-c3ccc(OCCCCPOCC)cc3C(F)(F)F)cc2)=N1)=C(F)\C(C)=C/C. The van der Waals surface area contributed by atoms with Crippen molar-refractivity contribution in [3.63, 3.8) is 0 Å². The summed E-state index contributed by atoms with van der Waals surface area (Å²) in [6.45, 7) is 14.6. The molecule has 1 heterocycles. The number of hydrogen-bond acceptors (Lipinski definition) is 5. The zero-order valence-corrected chi connectivity index (χ0v) is 27.9. The molecule has 10 heteroatoms. The molecule has 0 amide bonds. The molecule has 1 aliphatic heterocycles. The van der Waals surface area contributed by atoms with Crippen LogP contribution >= 0.6 is 8.81 Å². The number of unbranched alkanes of at least 4 members (excludes halogenated alkanes) is 1. The molecule has 0 aromatic heterocycles. The van der Waals surface area contributed by atoms with Gasteiger partial charge in [-0.25, -0.2) is 14.4 Å². The van der Waals surface area contributed by atoms with E-state index in [1.54, 1.807) is 38.1 Å². The maximum atomic E-state index is 14.7. The van der Waals surface area contributed by atoms with E-state index in [1.165, 1.54) is 12.1 Å². The van der Waals surface area contributed by atoms with Crippen LogP contribution in [0.4, 0.5) is 17.6 Å². The maximum Gasteiger partial charge on any atom is 0.417 e. The second-order valence-corrected chi connectivity index (χ2v) is 11.7. The van der Waals surface area contributed by atoms with Crippen LogP contribution in [0.15, 0.2) is 113 Å². The molecule has 2 aromatic carbocycles. The Hall–Kier alpha value is -3.81. The lowest BCUT2D eigenvalue weighted by atomic mass is 9.98. The van der Waals surface area contributed by atoms with Gasteiger partial charge < -0.3 is 14.2 Å². The standard InChI is InChI=1S/C36H42F4N3O2P/c1-7-25(4)34(37)30(8-2)35-41-26(5)33(42-35)13-12-20-43(6)24-27-14-16-28(17-15-27)31-19-18-29(23-32(31)36(38,39)40)44-21-10-11-22-46-45-9-3/h7-8,12,14-20,23,46H,2,5,9-11,13,21-22,24H2,1,3-4,6H3/b20-12?,25-7-,34-30-. The van der Waals surface area contributed by atoms with Gasteiger partial charge in [0.2, 0.25) is 0 Å². The van der Waals surface area contributed by atoms with Gasteiger partial charge in [-0.1, -0.05) is 61.7 Å². The summed E-state index contributed by atoms with van der Waals surface area (Å²) in [5.74, 6) is 0.0269. The van der Waals surface area contributed by atoms with E-state index in [0.29, 0.717) is 57.5 Å². The summed E-state index contributed by atoms with van der Waals surface area (Å²) in [7, 11) is 2.33. The van der Waals surface area contributed by atoms with Gasteiger partial charge >= 0.3 is 6.18 Å². The predicted octanol–water partition coefficient (Wildman–Crippen LogP) is 10.2. The number of allylic oxidation sites excluding steroid dienone is 5. The molecule has 0 saturated heterocycles. The van der Waals surface area contributed by atoms with E-state index in [1.807, 2.05) is 43.3 Å². The zero-order chi connectivity index (χ0) is 33.7. The first-order valence-electron chi connectivity index (χ1n) is 15.1. The van der Waals surface area contributed by atoms with E-state index in [-0.39, 0.29) is 22.7 Å². The summed E-state index contributed by atoms with van der Waals surface area (Å²) >= 11 is 0. The van der Waals surface area contributed by atoms with E-state index in [9.17, 15) is 17.6 Å². The highest BCUT2D eigenvalue weighted by molar-refractivity contribution is 7.32. The highest BCUT2D eigenvalue weighted by Gasteiger charge is 2.34. The molecule has 0 saturated carbocycles. The Balaban J connectivity index is 1.61. The van der Waals surface area contributed by atoms with Crippen molar-refractivity contribution < 1.29 is 26.8 Å². The van der Waals surface area contributed by atoms with E-state index in [2.05, 4.69) is 23.1 Å². The molecular weight excluding hydrogens is 613 g/mol. The lowest BCUT2D eigenvalue weighted by Gasteiger charge is -2.17. The summed E-state index contributed by atoms with van der Waals surface area (Å²) in [5, 5.41) is 0. The van der Waals surface area contributed by atoms with Gasteiger partial charge in [0.05, 0.1) is 29.2 Å². The van der Waals surface area contributed by atoms with Crippen molar-refractivity contribution in [3.8, 4) is 16.9 Å². The third-order valence-corrected chi connectivity index (χ3v) is 8.18. The van der Waals surface area contributed by atoms with Crippen LogP contribution in [-0.2, 0) is 17.2 Å². The van der Waals surface area contributed by atoms with Crippen molar-refractivity contribution in [2.75, 3.05) is 26.4 Å². The van der Waals surface area contributed by atoms with Crippen molar-refractivity contribution in [2.45, 2.75) is 52.8 Å². The fraction of sp³-hybridized carbons (Fsp3) is 0.333. The predicted molar refractivity (Wildman–Crippen MR) is 183 cm³/mol. The number of rotatable bonds is 17. The van der Waals surface area contributed by atoms with Crippen molar-refractivity contribution >= 4 is 20.4 Å². The number of hydrogen-bond donors (Lipinski definition) is 0. The topological polar surface area (TPSA) is 46.4 Å². The summed E-state index contributed by atoms with van der Waals surface area (Å²) in [4.78, 5) is 10.7. The van der Waals surface area contributed by atoms with Crippen LogP contribution in [0.1, 0.15) is 51.2 Å². The number of benzene rings is 2. The number of amidine groups is 1. The smallest absolute Gasteiger partial charge is 0.417 e. The first-order valence-corrected chi connectivity index (χ1v) is 16.3. The fourth-order valence-electron chi connectivity index (χ4n) is 4.55. The fourth-order valence-corrected chi connectivity index (χ4v) is 5.29. The minimum atomic E-state index is -4.53. The Labute approximate surface area is 271 Å². The molecule has 3 rings (SSSR count). The lowest BCUT2D eigenvalue weighted by Crippen LogP contribution is -2.10. The maximum absolute atomic E-state index is 14.7. The van der Waals surface area contributed by atoms with Gasteiger partial charge in [-0.15, -0.1) is 0 Å². The molecule has 1 unspecified atom stereocenters. The third-order valence-electron chi connectivity index (χ3n) is 7.13. The summed E-state index contributed by atoms with van der Waals surface area (Å²) in [6, 6.07) is 11.2. The molecule has 5 nitrogen and oxygen atoms in total. The second-order valence-electron chi connectivity index (χ2n) is 10.6. The molecule has 2 aromatic rings. The molecule has 0 bridgehead atoms. The van der Waals surface area contributed by atoms with Gasteiger partial charge in [-0.05, 0) is 80.4 Å². The van der Waals surface area contributed by atoms with Crippen LogP contribution in [0, 0.1) is 0 Å². The molecule has 0 aliphatic carbocycles. The van der Waals surface area contributed by atoms with E-state index >= 15 is 0 Å². The molecule has 0 radical (unpaired) electrons. The van der Waals surface area contributed by atoms with Gasteiger partial charge in [0.15, 0.2) is 5.84 Å². The molecule has 0 spiro atoms. The van der Waals surface area contributed by atoms with Crippen molar-refractivity contribution in [1.29, 1.82) is 0 Å². The van der Waals surface area contributed by atoms with E-state index in [4.69, 9.17) is 9.26 Å². The molecule has 1 atom stereocenters. The second kappa shape index (κ2) is 17.8. The molecule has 46 heavy (non-hydrogen) atoms. The third kappa shape index (κ3) is 10.6. The molecule has 0 N–H and O–H groups in total. The molecule has 0 fully saturated rings. The van der Waals surface area contributed by atoms with Crippen molar-refractivity contribution in [2.24, 2.45) is 9.98 Å². The normalized spacial score (nSPS) is 14.6. The first-order chi connectivity index (χ1) is 22.0. The average molecular weight is 656 g/mol. The van der Waals surface area contributed by atoms with Crippen LogP contribution in [0.3, 0.4) is 0 Å². The zero-order valence-electron chi connectivity index (χ0n) is 26.9. The van der Waals surface area contributed by atoms with Gasteiger partial charge in [0.25, 0.3) is 0 Å². The molecular formula is C36H42F4N3O2P. The number of nitrogens with zero attached hydrogens (tertiary/aromatic N) is 3. The number of alkyl halides is 3. The summed E-state index contributed by atoms with van der Waals surface area (Å²) in [6.07, 6.45) is 5.34. The van der Waals surface area contributed by atoms with Crippen LogP contribution in [-0.4, -0.2) is 42.9 Å². The summed E-state index contributed by atoms with van der Waals surface area (Å²) in [5.41, 5.74) is 2.57. The van der Waals surface area contributed by atoms with E-state index in [0.717, 1.165) is 30.6 Å². The van der Waals surface area contributed by atoms with Gasteiger partial charge in [0.1, 0.15) is 11.6 Å². The highest BCUT2D eigenvalue weighted by Crippen LogP contribution is 2.39. The van der Waals surface area contributed by atoms with Crippen LogP contribution in [0.25, 0.3) is 11.1 Å². The van der Waals surface area contributed by atoms with Crippen molar-refractivity contribution in [1.82, 2.24) is 4.90 Å². The first kappa shape index (κ1) is 36.7. The minimum absolute atomic E-state index is 0.104. The Morgan fingerprint density at radius 1 is 1.09 bits per heavy atom. The highest BCUT2D eigenvalue weighted by atomic mass is 31.1. The molecule has 246 valence electrons. The van der Waals surface area contributed by atoms with Crippen LogP contribution < -0.4 is 4.74 Å². The minimum Gasteiger partial charge on any atom is -0.494 e. The monoisotopic (exact) mass is 655 g/mol. The Morgan fingerprint density at radius 3 is 2.48 bits per heavy atom. The Kier molecular flexibility index (Phi) is 14.2. The summed E-state index contributed by atoms with van der Waals surface area (Å²) < 4.78 is 67.7. The number of ether oxygens (including phenoxy) is 1. The van der Waals surface area contributed by atoms with E-state index < -0.39 is 17.6 Å². The quantitative estimate of drug-likeness (QED) is 0.0738. The lowest BCUT2D eigenvalue weighted by molar-refractivity contribution is -0.137.